The molecular weight excluding hydrogens is 196 g/mol. The van der Waals surface area contributed by atoms with E-state index in [-0.39, 0.29) is 0 Å². The smallest absolute Gasteiger partial charge is 0.0250 e. The number of rotatable bonds is 5. The number of nitrogens with zero attached hydrogens (tertiary/aromatic N) is 1. The Labute approximate surface area is 99.8 Å². The molecule has 0 radical (unpaired) electrons. The first kappa shape index (κ1) is 11.0. The highest BCUT2D eigenvalue weighted by Crippen LogP contribution is 2.35. The van der Waals surface area contributed by atoms with Gasteiger partial charge < -0.3 is 5.32 Å². The third-order valence-electron chi connectivity index (χ3n) is 4.86. The molecule has 0 aromatic rings. The molecule has 3 rings (SSSR count). The summed E-state index contributed by atoms with van der Waals surface area (Å²) < 4.78 is 0. The van der Waals surface area contributed by atoms with Crippen molar-refractivity contribution in [2.45, 2.75) is 70.0 Å². The summed E-state index contributed by atoms with van der Waals surface area (Å²) in [5.41, 5.74) is 0. The number of fused-ring (bicyclic) bond motifs is 1. The van der Waals surface area contributed by atoms with E-state index in [0.29, 0.717) is 0 Å². The zero-order chi connectivity index (χ0) is 11.0. The fourth-order valence-electron chi connectivity index (χ4n) is 3.69. The third kappa shape index (κ3) is 2.28. The van der Waals surface area contributed by atoms with E-state index >= 15 is 0 Å². The van der Waals surface area contributed by atoms with Crippen molar-refractivity contribution in [3.63, 3.8) is 0 Å². The van der Waals surface area contributed by atoms with Gasteiger partial charge in [0, 0.05) is 24.7 Å². The van der Waals surface area contributed by atoms with Gasteiger partial charge >= 0.3 is 0 Å². The molecule has 0 bridgehead atoms. The number of hydrogen-bond donors (Lipinski definition) is 1. The van der Waals surface area contributed by atoms with Crippen molar-refractivity contribution in [1.82, 2.24) is 10.2 Å². The van der Waals surface area contributed by atoms with Gasteiger partial charge in [-0.1, -0.05) is 19.8 Å². The first-order chi connectivity index (χ1) is 7.86. The van der Waals surface area contributed by atoms with Crippen molar-refractivity contribution in [2.75, 3.05) is 13.1 Å². The molecule has 16 heavy (non-hydrogen) atoms. The van der Waals surface area contributed by atoms with Crippen molar-refractivity contribution >= 4 is 0 Å². The highest BCUT2D eigenvalue weighted by molar-refractivity contribution is 4.97. The Balaban J connectivity index is 1.52. The van der Waals surface area contributed by atoms with E-state index in [4.69, 9.17) is 0 Å². The fourth-order valence-corrected chi connectivity index (χ4v) is 3.69. The van der Waals surface area contributed by atoms with Gasteiger partial charge in [-0.2, -0.15) is 0 Å². The van der Waals surface area contributed by atoms with Gasteiger partial charge in [0.15, 0.2) is 0 Å². The van der Waals surface area contributed by atoms with Gasteiger partial charge in [-0.15, -0.1) is 0 Å². The van der Waals surface area contributed by atoms with Gasteiger partial charge in [0.1, 0.15) is 0 Å². The van der Waals surface area contributed by atoms with Crippen LogP contribution in [0, 0.1) is 5.92 Å². The maximum absolute atomic E-state index is 3.97. The largest absolute Gasteiger partial charge is 0.310 e. The summed E-state index contributed by atoms with van der Waals surface area (Å²) in [5, 5.41) is 3.97. The Hall–Kier alpha value is -0.0800. The second kappa shape index (κ2) is 4.66. The van der Waals surface area contributed by atoms with Crippen LogP contribution in [0.2, 0.25) is 0 Å². The van der Waals surface area contributed by atoms with Crippen LogP contribution in [0.15, 0.2) is 0 Å². The summed E-state index contributed by atoms with van der Waals surface area (Å²) in [7, 11) is 0. The summed E-state index contributed by atoms with van der Waals surface area (Å²) in [6, 6.07) is 2.50. The van der Waals surface area contributed by atoms with Crippen molar-refractivity contribution in [3.8, 4) is 0 Å². The van der Waals surface area contributed by atoms with Gasteiger partial charge in [0.2, 0.25) is 0 Å². The minimum Gasteiger partial charge on any atom is -0.310 e. The molecule has 3 atom stereocenters. The normalized spacial score (nSPS) is 36.6. The van der Waals surface area contributed by atoms with E-state index in [0.717, 1.165) is 24.0 Å². The number of nitrogens with one attached hydrogen (secondary N) is 1. The molecule has 3 aliphatic rings. The molecule has 2 nitrogen and oxygen atoms in total. The molecule has 1 N–H and O–H groups in total. The van der Waals surface area contributed by atoms with Crippen LogP contribution in [-0.4, -0.2) is 36.1 Å². The lowest BCUT2D eigenvalue weighted by molar-refractivity contribution is 0.281. The second-order valence-electron chi connectivity index (χ2n) is 6.09. The first-order valence-corrected chi connectivity index (χ1v) is 7.37. The fraction of sp³-hybridized carbons (Fsp3) is 1.00. The van der Waals surface area contributed by atoms with E-state index < -0.39 is 0 Å². The molecule has 0 aromatic heterocycles. The molecule has 2 heteroatoms. The standard InChI is InChI=1S/C14H26N2/c1-2-12(10-11-5-6-11)15-13-7-9-16-8-3-4-14(13)16/h11-15H,2-10H2,1H3. The lowest BCUT2D eigenvalue weighted by Crippen LogP contribution is -2.44. The molecule has 0 spiro atoms. The monoisotopic (exact) mass is 222 g/mol. The SMILES string of the molecule is CCC(CC1CC1)NC1CCN2CCCC12. The summed E-state index contributed by atoms with van der Waals surface area (Å²) in [5.74, 6) is 1.07. The van der Waals surface area contributed by atoms with Gasteiger partial charge in [-0.05, 0) is 44.6 Å². The Morgan fingerprint density at radius 2 is 2.06 bits per heavy atom. The van der Waals surface area contributed by atoms with E-state index in [1.54, 1.807) is 0 Å². The summed E-state index contributed by atoms with van der Waals surface area (Å²) >= 11 is 0. The van der Waals surface area contributed by atoms with Crippen LogP contribution in [0.4, 0.5) is 0 Å². The van der Waals surface area contributed by atoms with E-state index in [2.05, 4.69) is 17.1 Å². The molecule has 2 aliphatic heterocycles. The highest BCUT2D eigenvalue weighted by Gasteiger charge is 2.38. The Bertz CT molecular complexity index is 237. The lowest BCUT2D eigenvalue weighted by Gasteiger charge is -2.26. The molecule has 0 amide bonds. The summed E-state index contributed by atoms with van der Waals surface area (Å²) in [4.78, 5) is 2.71. The van der Waals surface area contributed by atoms with E-state index in [1.807, 2.05) is 0 Å². The maximum atomic E-state index is 3.97. The predicted octanol–water partition coefficient (Wildman–Crippen LogP) is 2.39. The molecule has 2 heterocycles. The Kier molecular flexibility index (Phi) is 3.21. The van der Waals surface area contributed by atoms with Crippen LogP contribution in [0.25, 0.3) is 0 Å². The van der Waals surface area contributed by atoms with Crippen LogP contribution in [0.1, 0.15) is 51.9 Å². The van der Waals surface area contributed by atoms with Gasteiger partial charge in [0.25, 0.3) is 0 Å². The molecule has 2 saturated heterocycles. The van der Waals surface area contributed by atoms with Gasteiger partial charge in [-0.3, -0.25) is 4.90 Å². The Morgan fingerprint density at radius 3 is 2.81 bits per heavy atom. The van der Waals surface area contributed by atoms with Crippen LogP contribution >= 0.6 is 0 Å². The van der Waals surface area contributed by atoms with Gasteiger partial charge in [0.05, 0.1) is 0 Å². The zero-order valence-electron chi connectivity index (χ0n) is 10.6. The average Bonchev–Trinajstić information content (AvgIpc) is 2.85. The molecule has 1 saturated carbocycles. The first-order valence-electron chi connectivity index (χ1n) is 7.37. The van der Waals surface area contributed by atoms with Crippen LogP contribution in [0.5, 0.6) is 0 Å². The van der Waals surface area contributed by atoms with E-state index in [9.17, 15) is 0 Å². The minimum absolute atomic E-state index is 0.804. The minimum atomic E-state index is 0.804. The highest BCUT2D eigenvalue weighted by atomic mass is 15.2. The van der Waals surface area contributed by atoms with Crippen LogP contribution in [-0.2, 0) is 0 Å². The summed E-state index contributed by atoms with van der Waals surface area (Å²) in [6.45, 7) is 5.06. The van der Waals surface area contributed by atoms with Crippen molar-refractivity contribution < 1.29 is 0 Å². The quantitative estimate of drug-likeness (QED) is 0.768. The number of hydrogen-bond acceptors (Lipinski definition) is 2. The predicted molar refractivity (Wildman–Crippen MR) is 67.6 cm³/mol. The molecule has 92 valence electrons. The molecule has 1 aliphatic carbocycles. The second-order valence-corrected chi connectivity index (χ2v) is 6.09. The molecule has 0 aromatic carbocycles. The van der Waals surface area contributed by atoms with E-state index in [1.165, 1.54) is 58.0 Å². The maximum Gasteiger partial charge on any atom is 0.0250 e. The lowest BCUT2D eigenvalue weighted by atomic mass is 10.0. The average molecular weight is 222 g/mol. The van der Waals surface area contributed by atoms with Gasteiger partial charge in [-0.25, -0.2) is 0 Å². The Morgan fingerprint density at radius 1 is 1.19 bits per heavy atom. The topological polar surface area (TPSA) is 15.3 Å². The molecular formula is C14H26N2. The van der Waals surface area contributed by atoms with Crippen LogP contribution < -0.4 is 5.32 Å². The van der Waals surface area contributed by atoms with Crippen LogP contribution in [0.3, 0.4) is 0 Å². The van der Waals surface area contributed by atoms with Crippen molar-refractivity contribution in [1.29, 1.82) is 0 Å². The zero-order valence-corrected chi connectivity index (χ0v) is 10.6. The summed E-state index contributed by atoms with van der Waals surface area (Å²) in [6.07, 6.45) is 10.0. The molecule has 3 unspecified atom stereocenters. The third-order valence-corrected chi connectivity index (χ3v) is 4.86. The van der Waals surface area contributed by atoms with Crippen molar-refractivity contribution in [3.05, 3.63) is 0 Å². The van der Waals surface area contributed by atoms with Crippen molar-refractivity contribution in [2.24, 2.45) is 5.92 Å². The molecule has 3 fully saturated rings.